The first kappa shape index (κ1) is 35.4. The molecule has 41 heavy (non-hydrogen) atoms. The molecule has 0 radical (unpaired) electrons. The molecule has 0 saturated carbocycles. The number of carbonyl (C=O) groups is 2. The van der Waals surface area contributed by atoms with Gasteiger partial charge in [0.2, 0.25) is 5.91 Å². The van der Waals surface area contributed by atoms with Gasteiger partial charge in [0.15, 0.2) is 0 Å². The molecule has 4 N–H and O–H groups in total. The fraction of sp³-hybridized carbons (Fsp3) is 0.500. The number of nitriles is 2. The Labute approximate surface area is 248 Å². The Morgan fingerprint density at radius 1 is 1.20 bits per heavy atom. The second kappa shape index (κ2) is 17.9. The van der Waals surface area contributed by atoms with Gasteiger partial charge in [0, 0.05) is 13.1 Å². The molecule has 0 aromatic carbocycles. The van der Waals surface area contributed by atoms with E-state index in [1.807, 2.05) is 25.7 Å². The molecule has 1 aromatic heterocycles. The predicted molar refractivity (Wildman–Crippen MR) is 162 cm³/mol. The minimum atomic E-state index is -0.777. The molecule has 0 spiro atoms. The van der Waals surface area contributed by atoms with E-state index in [0.717, 1.165) is 11.8 Å². The minimum Gasteiger partial charge on any atom is -0.462 e. The van der Waals surface area contributed by atoms with Crippen LogP contribution in [0.4, 0.5) is 5.82 Å². The summed E-state index contributed by atoms with van der Waals surface area (Å²) in [6.45, 7) is 18.7. The van der Waals surface area contributed by atoms with E-state index in [9.17, 15) is 20.1 Å². The maximum atomic E-state index is 12.3. The quantitative estimate of drug-likeness (QED) is 0.115. The normalized spacial score (nSPS) is 15.1. The maximum absolute atomic E-state index is 12.3. The lowest BCUT2D eigenvalue weighted by molar-refractivity contribution is -0.148. The first-order valence-corrected chi connectivity index (χ1v) is 14.4. The minimum absolute atomic E-state index is 0.00199. The topological polar surface area (TPSA) is 168 Å². The molecule has 1 aromatic rings. The average Bonchev–Trinajstić information content (AvgIpc) is 2.99. The number of amides is 1. The van der Waals surface area contributed by atoms with Gasteiger partial charge in [-0.1, -0.05) is 51.3 Å². The number of carbonyl (C=O) groups excluding carboxylic acids is 2. The van der Waals surface area contributed by atoms with Crippen LogP contribution in [0.3, 0.4) is 0 Å². The number of allylic oxidation sites excluding steroid dienone is 2. The highest BCUT2D eigenvalue weighted by molar-refractivity contribution is 8.00. The molecule has 10 nitrogen and oxygen atoms in total. The summed E-state index contributed by atoms with van der Waals surface area (Å²) in [5.41, 5.74) is 13.3. The van der Waals surface area contributed by atoms with Crippen molar-refractivity contribution in [2.75, 3.05) is 31.2 Å². The Kier molecular flexibility index (Phi) is 15.5. The summed E-state index contributed by atoms with van der Waals surface area (Å²) in [4.78, 5) is 30.9. The Bertz CT molecular complexity index is 1180. The van der Waals surface area contributed by atoms with Gasteiger partial charge in [-0.25, -0.2) is 4.98 Å². The highest BCUT2D eigenvalue weighted by Crippen LogP contribution is 2.36. The van der Waals surface area contributed by atoms with Crippen LogP contribution in [-0.4, -0.2) is 60.6 Å². The highest BCUT2D eigenvalue weighted by atomic mass is 32.2. The zero-order valence-electron chi connectivity index (χ0n) is 24.5. The summed E-state index contributed by atoms with van der Waals surface area (Å²) in [7, 11) is 0. The molecule has 1 saturated heterocycles. The monoisotopic (exact) mass is 582 g/mol. The lowest BCUT2D eigenvalue weighted by Crippen LogP contribution is -2.39. The van der Waals surface area contributed by atoms with Gasteiger partial charge in [0.05, 0.1) is 23.8 Å². The number of primary amides is 1. The number of rotatable bonds is 13. The van der Waals surface area contributed by atoms with Crippen molar-refractivity contribution in [2.24, 2.45) is 17.4 Å². The van der Waals surface area contributed by atoms with Crippen LogP contribution in [0, 0.1) is 28.6 Å². The summed E-state index contributed by atoms with van der Waals surface area (Å²) in [6.07, 6.45) is 5.08. The molecule has 2 atom stereocenters. The first-order valence-electron chi connectivity index (χ1n) is 13.5. The van der Waals surface area contributed by atoms with E-state index < -0.39 is 23.2 Å². The molecule has 0 aliphatic carbocycles. The third-order valence-electron chi connectivity index (χ3n) is 6.60. The zero-order valence-corrected chi connectivity index (χ0v) is 25.3. The predicted octanol–water partition coefficient (Wildman–Crippen LogP) is 3.78. The van der Waals surface area contributed by atoms with Gasteiger partial charge in [0.25, 0.3) is 0 Å². The number of nitrogens with two attached hydrogens (primary N) is 2. The van der Waals surface area contributed by atoms with Crippen molar-refractivity contribution < 1.29 is 19.1 Å². The second-order valence-corrected chi connectivity index (χ2v) is 10.5. The van der Waals surface area contributed by atoms with E-state index >= 15 is 0 Å². The third-order valence-corrected chi connectivity index (χ3v) is 7.86. The van der Waals surface area contributed by atoms with E-state index in [2.05, 4.69) is 31.9 Å². The lowest BCUT2D eigenvalue weighted by atomic mass is 10.0. The first-order chi connectivity index (χ1) is 19.6. The van der Waals surface area contributed by atoms with Crippen LogP contribution in [0.25, 0.3) is 0 Å². The van der Waals surface area contributed by atoms with Gasteiger partial charge < -0.3 is 25.8 Å². The van der Waals surface area contributed by atoms with E-state index in [4.69, 9.17) is 25.9 Å². The summed E-state index contributed by atoms with van der Waals surface area (Å²) in [5, 5.41) is 19.5. The van der Waals surface area contributed by atoms with Gasteiger partial charge in [-0.2, -0.15) is 10.5 Å². The number of aromatic nitrogens is 1. The molecular weight excluding hydrogens is 540 g/mol. The van der Waals surface area contributed by atoms with Crippen molar-refractivity contribution in [3.8, 4) is 12.1 Å². The Hall–Kier alpha value is -3.64. The number of hydrogen-bond acceptors (Lipinski definition) is 10. The number of piperidine rings is 1. The molecule has 2 unspecified atom stereocenters. The van der Waals surface area contributed by atoms with E-state index in [0.29, 0.717) is 59.9 Å². The standard InChI is InChI=1S/C28H38N6O4S.C2H4/c1-6-18(7-2)24(25(32)35)39-27-22(16-30)20(8-3)21(15-29)26(33-27)34-11-9-19(10-12-34)37-13-14-38-28(36)23(31)17(4)5;1-2/h6-7,17,19,23-24H,1,8-14,31H2,2-5H3,(H2,32,35);1-2H2/b18-7+;. The van der Waals surface area contributed by atoms with E-state index in [-0.39, 0.29) is 30.8 Å². The molecule has 1 fully saturated rings. The van der Waals surface area contributed by atoms with E-state index in [1.165, 1.54) is 0 Å². The van der Waals surface area contributed by atoms with Gasteiger partial charge in [-0.05, 0) is 43.2 Å². The Balaban J connectivity index is 0.00000411. The van der Waals surface area contributed by atoms with Gasteiger partial charge in [-0.15, -0.1) is 13.2 Å². The van der Waals surface area contributed by atoms with Crippen molar-refractivity contribution in [1.29, 1.82) is 10.5 Å². The van der Waals surface area contributed by atoms with Crippen LogP contribution < -0.4 is 16.4 Å². The highest BCUT2D eigenvalue weighted by Gasteiger charge is 2.29. The smallest absolute Gasteiger partial charge is 0.323 e. The number of anilines is 1. The average molecular weight is 583 g/mol. The number of nitrogens with zero attached hydrogens (tertiary/aromatic N) is 4. The van der Waals surface area contributed by atoms with Gasteiger partial charge >= 0.3 is 5.97 Å². The fourth-order valence-electron chi connectivity index (χ4n) is 4.24. The van der Waals surface area contributed by atoms with Crippen LogP contribution in [-0.2, 0) is 25.5 Å². The van der Waals surface area contributed by atoms with E-state index in [1.54, 1.807) is 19.1 Å². The molecule has 2 rings (SSSR count). The van der Waals surface area contributed by atoms with Crippen molar-refractivity contribution >= 4 is 29.5 Å². The summed E-state index contributed by atoms with van der Waals surface area (Å²) in [5.74, 6) is -0.530. The molecule has 1 amide bonds. The number of ether oxygens (including phenoxy) is 2. The molecule has 11 heteroatoms. The van der Waals surface area contributed by atoms with Crippen LogP contribution >= 0.6 is 11.8 Å². The van der Waals surface area contributed by atoms with Gasteiger partial charge in [-0.3, -0.25) is 9.59 Å². The summed E-state index contributed by atoms with van der Waals surface area (Å²) < 4.78 is 11.1. The number of hydrogen-bond donors (Lipinski definition) is 2. The number of thioether (sulfide) groups is 1. The molecular formula is C30H42N6O4S. The summed E-state index contributed by atoms with van der Waals surface area (Å²) >= 11 is 1.09. The number of pyridine rings is 1. The molecule has 222 valence electrons. The lowest BCUT2D eigenvalue weighted by Gasteiger charge is -2.34. The van der Waals surface area contributed by atoms with Crippen molar-refractivity contribution in [1.82, 2.24) is 4.98 Å². The van der Waals surface area contributed by atoms with Crippen LogP contribution in [0.1, 0.15) is 57.2 Å². The maximum Gasteiger partial charge on any atom is 0.323 e. The molecule has 0 bridgehead atoms. The zero-order chi connectivity index (χ0) is 31.1. The molecule has 2 heterocycles. The van der Waals surface area contributed by atoms with Gasteiger partial charge in [0.1, 0.15) is 40.9 Å². The fourth-order valence-corrected chi connectivity index (χ4v) is 5.37. The SMILES string of the molecule is C=C.C=C/C(=C\C)C(Sc1nc(N2CCC(OCCOC(=O)C(N)C(C)C)CC2)c(C#N)c(CC)c1C#N)C(N)=O. The Morgan fingerprint density at radius 2 is 1.80 bits per heavy atom. The van der Waals surface area contributed by atoms with Crippen LogP contribution in [0.5, 0.6) is 0 Å². The molecule has 1 aliphatic heterocycles. The largest absolute Gasteiger partial charge is 0.462 e. The Morgan fingerprint density at radius 3 is 2.27 bits per heavy atom. The van der Waals surface area contributed by atoms with Crippen LogP contribution in [0.15, 0.2) is 42.5 Å². The third kappa shape index (κ3) is 9.46. The molecule has 1 aliphatic rings. The van der Waals surface area contributed by atoms with Crippen molar-refractivity contribution in [3.63, 3.8) is 0 Å². The van der Waals surface area contributed by atoms with Crippen molar-refractivity contribution in [2.45, 2.75) is 69.4 Å². The summed E-state index contributed by atoms with van der Waals surface area (Å²) in [6, 6.07) is 3.77. The van der Waals surface area contributed by atoms with Crippen LogP contribution in [0.2, 0.25) is 0 Å². The van der Waals surface area contributed by atoms with Crippen molar-refractivity contribution in [3.05, 3.63) is 54.2 Å². The second-order valence-electron chi connectivity index (χ2n) is 9.43. The number of esters is 1.